The molecule has 0 heterocycles. The van der Waals surface area contributed by atoms with Crippen LogP contribution >= 0.6 is 0 Å². The van der Waals surface area contributed by atoms with E-state index in [9.17, 15) is 9.59 Å². The molecule has 0 saturated heterocycles. The number of hydrogen-bond acceptors (Lipinski definition) is 5. The molecule has 5 heteroatoms. The zero-order valence-corrected chi connectivity index (χ0v) is 18.2. The minimum absolute atomic E-state index is 0.00266. The summed E-state index contributed by atoms with van der Waals surface area (Å²) in [5.74, 6) is 0.764. The topological polar surface area (TPSA) is 61.8 Å². The summed E-state index contributed by atoms with van der Waals surface area (Å²) in [5.41, 5.74) is 3.20. The molecule has 0 aliphatic heterocycles. The van der Waals surface area contributed by atoms with E-state index < -0.39 is 0 Å². The third-order valence-corrected chi connectivity index (χ3v) is 5.61. The van der Waals surface area contributed by atoms with Crippen LogP contribution in [0.25, 0.3) is 0 Å². The number of Topliss-reactive ketones (excluding diaryl/α,β-unsaturated/α-hetero) is 1. The Hall–Kier alpha value is -2.92. The van der Waals surface area contributed by atoms with Gasteiger partial charge in [0.05, 0.1) is 26.7 Å². The van der Waals surface area contributed by atoms with Crippen molar-refractivity contribution in [1.29, 1.82) is 0 Å². The summed E-state index contributed by atoms with van der Waals surface area (Å²) in [6.45, 7) is 3.21. The molecular weight excluding hydrogens is 392 g/mol. The van der Waals surface area contributed by atoms with Crippen molar-refractivity contribution in [2.24, 2.45) is 11.8 Å². The van der Waals surface area contributed by atoms with Crippen LogP contribution in [-0.2, 0) is 32.1 Å². The summed E-state index contributed by atoms with van der Waals surface area (Å²) < 4.78 is 16.6. The van der Waals surface area contributed by atoms with Crippen molar-refractivity contribution in [3.63, 3.8) is 0 Å². The summed E-state index contributed by atoms with van der Waals surface area (Å²) in [5, 5.41) is 0. The Labute approximate surface area is 184 Å². The maximum Gasteiger partial charge on any atom is 0.309 e. The van der Waals surface area contributed by atoms with Gasteiger partial charge in [-0.3, -0.25) is 9.59 Å². The van der Waals surface area contributed by atoms with Gasteiger partial charge in [-0.15, -0.1) is 0 Å². The Morgan fingerprint density at radius 1 is 0.968 bits per heavy atom. The summed E-state index contributed by atoms with van der Waals surface area (Å²) in [7, 11) is 1.38. The van der Waals surface area contributed by atoms with E-state index in [-0.39, 0.29) is 30.0 Å². The van der Waals surface area contributed by atoms with Gasteiger partial charge in [-0.05, 0) is 48.6 Å². The standard InChI is InChI=1S/C26H30O5/c1-19(27)25-13-10-22(14-23(25)18-30-16-21-6-4-3-5-7-21)17-31-24-11-8-20(9-12-24)15-26(28)29-2/h3-9,11-12,14,23,25H,10,13,15-18H2,1-2H3/t23-,25-/m0/s1. The molecule has 1 aliphatic carbocycles. The smallest absolute Gasteiger partial charge is 0.309 e. The van der Waals surface area contributed by atoms with Crippen LogP contribution in [0.5, 0.6) is 5.75 Å². The van der Waals surface area contributed by atoms with E-state index in [1.807, 2.05) is 54.6 Å². The molecule has 2 atom stereocenters. The fourth-order valence-electron chi connectivity index (χ4n) is 3.85. The molecule has 0 bridgehead atoms. The molecule has 0 unspecified atom stereocenters. The number of carbonyl (C=O) groups is 2. The SMILES string of the molecule is COC(=O)Cc1ccc(OCC2=C[C@@H](COCc3ccccc3)[C@H](C(C)=O)CC2)cc1. The van der Waals surface area contributed by atoms with Gasteiger partial charge in [-0.1, -0.05) is 48.5 Å². The number of methoxy groups -OCH3 is 1. The number of benzene rings is 2. The number of ether oxygens (including phenoxy) is 3. The highest BCUT2D eigenvalue weighted by Gasteiger charge is 2.28. The van der Waals surface area contributed by atoms with E-state index in [1.54, 1.807) is 6.92 Å². The second-order valence-corrected chi connectivity index (χ2v) is 7.93. The van der Waals surface area contributed by atoms with Gasteiger partial charge in [0.2, 0.25) is 0 Å². The molecule has 0 N–H and O–H groups in total. The average Bonchev–Trinajstić information content (AvgIpc) is 2.79. The molecule has 0 aromatic heterocycles. The second kappa shape index (κ2) is 11.5. The Morgan fingerprint density at radius 2 is 1.71 bits per heavy atom. The quantitative estimate of drug-likeness (QED) is 0.416. The van der Waals surface area contributed by atoms with E-state index in [4.69, 9.17) is 9.47 Å². The first kappa shape index (κ1) is 22.8. The molecule has 0 saturated carbocycles. The highest BCUT2D eigenvalue weighted by atomic mass is 16.5. The molecule has 5 nitrogen and oxygen atoms in total. The zero-order valence-electron chi connectivity index (χ0n) is 18.2. The van der Waals surface area contributed by atoms with Crippen molar-refractivity contribution in [3.05, 3.63) is 77.4 Å². The van der Waals surface area contributed by atoms with Crippen LogP contribution in [0.15, 0.2) is 66.2 Å². The maximum absolute atomic E-state index is 12.1. The number of carbonyl (C=O) groups excluding carboxylic acids is 2. The highest BCUT2D eigenvalue weighted by Crippen LogP contribution is 2.30. The molecule has 2 aromatic rings. The lowest BCUT2D eigenvalue weighted by Crippen LogP contribution is -2.28. The van der Waals surface area contributed by atoms with Crippen LogP contribution in [0.1, 0.15) is 30.9 Å². The summed E-state index contributed by atoms with van der Waals surface area (Å²) in [4.78, 5) is 23.5. The predicted octanol–water partition coefficient (Wildman–Crippen LogP) is 4.54. The lowest BCUT2D eigenvalue weighted by Gasteiger charge is -2.28. The van der Waals surface area contributed by atoms with Gasteiger partial charge in [-0.25, -0.2) is 0 Å². The van der Waals surface area contributed by atoms with Crippen molar-refractivity contribution in [3.8, 4) is 5.75 Å². The van der Waals surface area contributed by atoms with Gasteiger partial charge in [-0.2, -0.15) is 0 Å². The van der Waals surface area contributed by atoms with Crippen LogP contribution < -0.4 is 4.74 Å². The van der Waals surface area contributed by atoms with Gasteiger partial charge in [0.1, 0.15) is 18.1 Å². The van der Waals surface area contributed by atoms with Gasteiger partial charge in [0.15, 0.2) is 0 Å². The first-order chi connectivity index (χ1) is 15.0. The van der Waals surface area contributed by atoms with E-state index in [1.165, 1.54) is 12.7 Å². The van der Waals surface area contributed by atoms with Crippen LogP contribution in [0.4, 0.5) is 0 Å². The first-order valence-electron chi connectivity index (χ1n) is 10.7. The Kier molecular flexibility index (Phi) is 8.42. The fraction of sp³-hybridized carbons (Fsp3) is 0.385. The van der Waals surface area contributed by atoms with Crippen molar-refractivity contribution < 1.29 is 23.8 Å². The van der Waals surface area contributed by atoms with Crippen molar-refractivity contribution in [1.82, 2.24) is 0 Å². The van der Waals surface area contributed by atoms with Crippen LogP contribution in [0, 0.1) is 11.8 Å². The molecule has 0 fully saturated rings. The highest BCUT2D eigenvalue weighted by molar-refractivity contribution is 5.79. The predicted molar refractivity (Wildman–Crippen MR) is 119 cm³/mol. The third kappa shape index (κ3) is 7.07. The largest absolute Gasteiger partial charge is 0.489 e. The molecule has 3 rings (SSSR count). The third-order valence-electron chi connectivity index (χ3n) is 5.61. The fourth-order valence-corrected chi connectivity index (χ4v) is 3.85. The zero-order chi connectivity index (χ0) is 22.1. The Balaban J connectivity index is 1.55. The van der Waals surface area contributed by atoms with E-state index in [0.29, 0.717) is 19.8 Å². The van der Waals surface area contributed by atoms with Gasteiger partial charge in [0.25, 0.3) is 0 Å². The number of hydrogen-bond donors (Lipinski definition) is 0. The molecule has 0 amide bonds. The maximum atomic E-state index is 12.1. The minimum Gasteiger partial charge on any atom is -0.489 e. The summed E-state index contributed by atoms with van der Waals surface area (Å²) in [6.07, 6.45) is 4.08. The normalized spacial score (nSPS) is 18.2. The van der Waals surface area contributed by atoms with Gasteiger partial charge in [0, 0.05) is 11.8 Å². The van der Waals surface area contributed by atoms with Gasteiger partial charge >= 0.3 is 5.97 Å². The van der Waals surface area contributed by atoms with E-state index >= 15 is 0 Å². The van der Waals surface area contributed by atoms with Crippen molar-refractivity contribution >= 4 is 11.8 Å². The number of ketones is 1. The Bertz CT molecular complexity index is 886. The molecule has 1 aliphatic rings. The number of rotatable bonds is 10. The number of esters is 1. The lowest BCUT2D eigenvalue weighted by molar-refractivity contribution is -0.139. The summed E-state index contributed by atoms with van der Waals surface area (Å²) >= 11 is 0. The lowest BCUT2D eigenvalue weighted by atomic mass is 9.79. The van der Waals surface area contributed by atoms with Crippen LogP contribution in [-0.4, -0.2) is 32.1 Å². The van der Waals surface area contributed by atoms with Crippen molar-refractivity contribution in [2.75, 3.05) is 20.3 Å². The second-order valence-electron chi connectivity index (χ2n) is 7.93. The molecule has 2 aromatic carbocycles. The molecule has 31 heavy (non-hydrogen) atoms. The van der Waals surface area contributed by atoms with Crippen molar-refractivity contribution in [2.45, 2.75) is 32.8 Å². The molecule has 0 spiro atoms. The van der Waals surface area contributed by atoms with Crippen LogP contribution in [0.2, 0.25) is 0 Å². The Morgan fingerprint density at radius 3 is 2.39 bits per heavy atom. The van der Waals surface area contributed by atoms with E-state index in [2.05, 4.69) is 10.8 Å². The minimum atomic E-state index is -0.262. The molecular formula is C26H30O5. The monoisotopic (exact) mass is 422 g/mol. The summed E-state index contributed by atoms with van der Waals surface area (Å²) in [6, 6.07) is 17.5. The molecule has 164 valence electrons. The first-order valence-corrected chi connectivity index (χ1v) is 10.7. The average molecular weight is 423 g/mol. The molecule has 0 radical (unpaired) electrons. The van der Waals surface area contributed by atoms with Gasteiger partial charge < -0.3 is 14.2 Å². The van der Waals surface area contributed by atoms with Crippen LogP contribution in [0.3, 0.4) is 0 Å². The van der Waals surface area contributed by atoms with E-state index in [0.717, 1.165) is 29.7 Å².